The minimum atomic E-state index is -2.70. The van der Waals surface area contributed by atoms with Crippen LogP contribution in [0.3, 0.4) is 0 Å². The first-order valence-corrected chi connectivity index (χ1v) is 10.1. The number of carboxylic acid groups (broad SMARTS) is 1. The minimum Gasteiger partial charge on any atom is -0.478 e. The predicted molar refractivity (Wildman–Crippen MR) is 114 cm³/mol. The van der Waals surface area contributed by atoms with Crippen LogP contribution in [0.25, 0.3) is 32.9 Å². The second kappa shape index (κ2) is 7.01. The lowest BCUT2D eigenvalue weighted by atomic mass is 9.92. The highest BCUT2D eigenvalue weighted by atomic mass is 19.3. The third-order valence-corrected chi connectivity index (χ3v) is 6.07. The van der Waals surface area contributed by atoms with E-state index >= 15 is 0 Å². The number of anilines is 1. The van der Waals surface area contributed by atoms with Gasteiger partial charge in [-0.05, 0) is 41.3 Å². The van der Waals surface area contributed by atoms with E-state index < -0.39 is 11.9 Å². The van der Waals surface area contributed by atoms with Gasteiger partial charge in [-0.2, -0.15) is 0 Å². The third-order valence-electron chi connectivity index (χ3n) is 6.07. The highest BCUT2D eigenvalue weighted by Crippen LogP contribution is 2.43. The van der Waals surface area contributed by atoms with Gasteiger partial charge in [-0.15, -0.1) is 0 Å². The van der Waals surface area contributed by atoms with E-state index in [0.29, 0.717) is 29.3 Å². The standard InChI is InChI=1S/C23H20F2N4O2/c24-23(25)8-2-4-15(10-23)29-11-18(19-20(26)27-12-28-21(19)29)14-6-7-16-13(9-14)3-1-5-17(16)22(30)31/h1,3,5-7,9,11-12,15H,2,4,8,10H2,(H,30,31)(H2,26,27,28). The number of nitrogen functional groups attached to an aromatic ring is 1. The van der Waals surface area contributed by atoms with Gasteiger partial charge in [-0.3, -0.25) is 0 Å². The van der Waals surface area contributed by atoms with Crippen molar-refractivity contribution in [3.05, 3.63) is 54.5 Å². The molecular formula is C23H20F2N4O2. The molecule has 1 unspecified atom stereocenters. The first kappa shape index (κ1) is 19.4. The van der Waals surface area contributed by atoms with E-state index in [4.69, 9.17) is 5.73 Å². The summed E-state index contributed by atoms with van der Waals surface area (Å²) in [6.07, 6.45) is 3.93. The van der Waals surface area contributed by atoms with Crippen LogP contribution in [0.15, 0.2) is 48.9 Å². The molecule has 6 nitrogen and oxygen atoms in total. The van der Waals surface area contributed by atoms with Gasteiger partial charge in [0.15, 0.2) is 0 Å². The topological polar surface area (TPSA) is 94.0 Å². The van der Waals surface area contributed by atoms with Gasteiger partial charge in [0, 0.05) is 30.6 Å². The molecule has 1 atom stereocenters. The number of benzene rings is 2. The summed E-state index contributed by atoms with van der Waals surface area (Å²) >= 11 is 0. The monoisotopic (exact) mass is 422 g/mol. The molecule has 1 fully saturated rings. The number of fused-ring (bicyclic) bond motifs is 2. The Morgan fingerprint density at radius 2 is 2.06 bits per heavy atom. The molecule has 0 radical (unpaired) electrons. The molecule has 8 heteroatoms. The Hall–Kier alpha value is -3.55. The number of alkyl halides is 2. The van der Waals surface area contributed by atoms with Crippen molar-refractivity contribution in [2.75, 3.05) is 5.73 Å². The molecule has 31 heavy (non-hydrogen) atoms. The summed E-state index contributed by atoms with van der Waals surface area (Å²) in [5.41, 5.74) is 8.46. The van der Waals surface area contributed by atoms with Crippen LogP contribution in [-0.2, 0) is 0 Å². The van der Waals surface area contributed by atoms with Crippen LogP contribution in [0, 0.1) is 0 Å². The molecule has 1 aliphatic carbocycles. The van der Waals surface area contributed by atoms with Crippen molar-refractivity contribution < 1.29 is 18.7 Å². The van der Waals surface area contributed by atoms with E-state index in [0.717, 1.165) is 16.5 Å². The number of nitrogens with two attached hydrogens (primary N) is 1. The first-order chi connectivity index (χ1) is 14.8. The Morgan fingerprint density at radius 1 is 1.23 bits per heavy atom. The zero-order valence-corrected chi connectivity index (χ0v) is 16.6. The number of nitrogens with zero attached hydrogens (tertiary/aromatic N) is 3. The van der Waals surface area contributed by atoms with Crippen molar-refractivity contribution in [2.24, 2.45) is 0 Å². The molecule has 4 aromatic rings. The number of hydrogen-bond acceptors (Lipinski definition) is 4. The first-order valence-electron chi connectivity index (χ1n) is 10.1. The average molecular weight is 422 g/mol. The highest BCUT2D eigenvalue weighted by Gasteiger charge is 2.37. The van der Waals surface area contributed by atoms with E-state index in [1.54, 1.807) is 22.8 Å². The SMILES string of the molecule is Nc1ncnc2c1c(-c1ccc3c(C(=O)O)cccc3c1)cn2C1CCCC(F)(F)C1. The summed E-state index contributed by atoms with van der Waals surface area (Å²) in [7, 11) is 0. The number of halogens is 2. The average Bonchev–Trinajstić information content (AvgIpc) is 3.13. The zero-order chi connectivity index (χ0) is 21.8. The van der Waals surface area contributed by atoms with Crippen molar-refractivity contribution in [1.29, 1.82) is 0 Å². The van der Waals surface area contributed by atoms with Crippen LogP contribution in [0.4, 0.5) is 14.6 Å². The Labute approximate surface area is 176 Å². The fraction of sp³-hybridized carbons (Fsp3) is 0.261. The van der Waals surface area contributed by atoms with Crippen molar-refractivity contribution in [1.82, 2.24) is 14.5 Å². The Morgan fingerprint density at radius 3 is 2.84 bits per heavy atom. The van der Waals surface area contributed by atoms with Crippen molar-refractivity contribution >= 4 is 33.6 Å². The summed E-state index contributed by atoms with van der Waals surface area (Å²) in [6, 6.07) is 10.2. The fourth-order valence-corrected chi connectivity index (χ4v) is 4.63. The minimum absolute atomic E-state index is 0.0940. The summed E-state index contributed by atoms with van der Waals surface area (Å²) in [5, 5.41) is 11.4. The van der Waals surface area contributed by atoms with Gasteiger partial charge in [-0.1, -0.05) is 24.3 Å². The normalized spacial score (nSPS) is 18.5. The molecule has 0 bridgehead atoms. The van der Waals surface area contributed by atoms with Gasteiger partial charge >= 0.3 is 5.97 Å². The molecule has 158 valence electrons. The lowest BCUT2D eigenvalue weighted by Gasteiger charge is -2.30. The van der Waals surface area contributed by atoms with E-state index in [1.165, 1.54) is 6.33 Å². The Bertz CT molecular complexity index is 1330. The number of carbonyl (C=O) groups is 1. The zero-order valence-electron chi connectivity index (χ0n) is 16.6. The molecule has 1 saturated carbocycles. The summed E-state index contributed by atoms with van der Waals surface area (Å²) in [6.45, 7) is 0. The van der Waals surface area contributed by atoms with Crippen LogP contribution in [0.5, 0.6) is 0 Å². The van der Waals surface area contributed by atoms with E-state index in [1.807, 2.05) is 24.4 Å². The largest absolute Gasteiger partial charge is 0.478 e. The molecule has 0 spiro atoms. The van der Waals surface area contributed by atoms with Crippen molar-refractivity contribution in [3.8, 4) is 11.1 Å². The quantitative estimate of drug-likeness (QED) is 0.468. The number of aromatic carboxylic acids is 1. The number of carboxylic acids is 1. The summed E-state index contributed by atoms with van der Waals surface area (Å²) < 4.78 is 30.0. The molecule has 0 amide bonds. The van der Waals surface area contributed by atoms with Gasteiger partial charge in [0.25, 0.3) is 0 Å². The molecule has 2 aromatic carbocycles. The molecule has 2 aromatic heterocycles. The number of rotatable bonds is 3. The van der Waals surface area contributed by atoms with Crippen molar-refractivity contribution in [2.45, 2.75) is 37.6 Å². The number of aromatic nitrogens is 3. The highest BCUT2D eigenvalue weighted by molar-refractivity contribution is 6.06. The van der Waals surface area contributed by atoms with Gasteiger partial charge in [0.2, 0.25) is 5.92 Å². The van der Waals surface area contributed by atoms with Gasteiger partial charge in [-0.25, -0.2) is 23.5 Å². The smallest absolute Gasteiger partial charge is 0.336 e. The summed E-state index contributed by atoms with van der Waals surface area (Å²) in [4.78, 5) is 20.0. The van der Waals surface area contributed by atoms with E-state index in [-0.39, 0.29) is 30.3 Å². The maximum atomic E-state index is 14.1. The van der Waals surface area contributed by atoms with Crippen LogP contribution in [0.2, 0.25) is 0 Å². The van der Waals surface area contributed by atoms with Crippen LogP contribution >= 0.6 is 0 Å². The second-order valence-electron chi connectivity index (χ2n) is 8.06. The molecular weight excluding hydrogens is 402 g/mol. The molecule has 0 saturated heterocycles. The van der Waals surface area contributed by atoms with Gasteiger partial charge in [0.1, 0.15) is 17.8 Å². The molecule has 5 rings (SSSR count). The van der Waals surface area contributed by atoms with E-state index in [2.05, 4.69) is 9.97 Å². The van der Waals surface area contributed by atoms with Crippen molar-refractivity contribution in [3.63, 3.8) is 0 Å². The Balaban J connectivity index is 1.70. The molecule has 0 aliphatic heterocycles. The van der Waals surface area contributed by atoms with Gasteiger partial charge < -0.3 is 15.4 Å². The lowest BCUT2D eigenvalue weighted by Crippen LogP contribution is -2.27. The second-order valence-corrected chi connectivity index (χ2v) is 8.06. The number of hydrogen-bond donors (Lipinski definition) is 2. The van der Waals surface area contributed by atoms with Crippen LogP contribution < -0.4 is 5.73 Å². The molecule has 2 heterocycles. The summed E-state index contributed by atoms with van der Waals surface area (Å²) in [5.74, 6) is -3.42. The van der Waals surface area contributed by atoms with Gasteiger partial charge in [0.05, 0.1) is 10.9 Å². The fourth-order valence-electron chi connectivity index (χ4n) is 4.63. The molecule has 1 aliphatic rings. The van der Waals surface area contributed by atoms with E-state index in [9.17, 15) is 18.7 Å². The predicted octanol–water partition coefficient (Wildman–Crippen LogP) is 5.28. The Kier molecular flexibility index (Phi) is 4.39. The van der Waals surface area contributed by atoms with Crippen LogP contribution in [0.1, 0.15) is 42.1 Å². The lowest BCUT2D eigenvalue weighted by molar-refractivity contribution is -0.0490. The van der Waals surface area contributed by atoms with Crippen LogP contribution in [-0.4, -0.2) is 31.5 Å². The molecule has 3 N–H and O–H groups in total. The third kappa shape index (κ3) is 3.28. The maximum absolute atomic E-state index is 14.1. The maximum Gasteiger partial charge on any atom is 0.336 e.